The van der Waals surface area contributed by atoms with Gasteiger partial charge >= 0.3 is 0 Å². The predicted molar refractivity (Wildman–Crippen MR) is 121 cm³/mol. The fraction of sp³-hybridized carbons (Fsp3) is 0.500. The minimum absolute atomic E-state index is 0.852. The van der Waals surface area contributed by atoms with Crippen LogP contribution in [0.25, 0.3) is 0 Å². The third kappa shape index (κ3) is 5.49. The summed E-state index contributed by atoms with van der Waals surface area (Å²) in [5.74, 6) is 1.88. The molecule has 3 rings (SSSR count). The maximum atomic E-state index is 6.97. The van der Waals surface area contributed by atoms with Crippen molar-refractivity contribution in [1.82, 2.24) is 0 Å². The lowest BCUT2D eigenvalue weighted by Crippen LogP contribution is -2.19. The van der Waals surface area contributed by atoms with Crippen LogP contribution in [0.1, 0.15) is 76.3 Å². The van der Waals surface area contributed by atoms with E-state index < -0.39 is 7.27 Å². The smallest absolute Gasteiger partial charge is 0.136 e. The standard InChI is InChI=1S/C24H32ClOP/c1-3-5-7-9-11-19-13-15-21-23(17-19)27(25)24-18-20(12-10-8-6-4-2)14-16-22(24)26-21/h13-18H,3-12H2,1-2H3. The average molecular weight is 403 g/mol. The van der Waals surface area contributed by atoms with Crippen LogP contribution in [0.2, 0.25) is 0 Å². The topological polar surface area (TPSA) is 9.23 Å². The number of halogens is 1. The minimum Gasteiger partial charge on any atom is -0.456 e. The Labute approximate surface area is 171 Å². The van der Waals surface area contributed by atoms with E-state index in [1.165, 1.54) is 73.1 Å². The molecular formula is C24H32ClOP. The van der Waals surface area contributed by atoms with Gasteiger partial charge in [-0.05, 0) is 61.1 Å². The summed E-state index contributed by atoms with van der Waals surface area (Å²) in [5, 5.41) is 2.38. The molecule has 0 N–H and O–H groups in total. The van der Waals surface area contributed by atoms with Gasteiger partial charge in [-0.15, -0.1) is 0 Å². The molecule has 1 aliphatic rings. The van der Waals surface area contributed by atoms with Crippen molar-refractivity contribution in [2.75, 3.05) is 0 Å². The molecule has 0 saturated carbocycles. The van der Waals surface area contributed by atoms with Gasteiger partial charge in [0.25, 0.3) is 0 Å². The quantitative estimate of drug-likeness (QED) is 0.293. The van der Waals surface area contributed by atoms with Gasteiger partial charge in [0.2, 0.25) is 0 Å². The zero-order chi connectivity index (χ0) is 19.1. The van der Waals surface area contributed by atoms with Crippen LogP contribution < -0.4 is 15.3 Å². The van der Waals surface area contributed by atoms with Crippen molar-refractivity contribution in [1.29, 1.82) is 0 Å². The lowest BCUT2D eigenvalue weighted by atomic mass is 10.1. The van der Waals surface area contributed by atoms with Crippen LogP contribution in [0.4, 0.5) is 0 Å². The van der Waals surface area contributed by atoms with Crippen LogP contribution in [0.3, 0.4) is 0 Å². The molecule has 0 atom stereocenters. The van der Waals surface area contributed by atoms with Gasteiger partial charge in [-0.1, -0.05) is 75.7 Å². The van der Waals surface area contributed by atoms with Gasteiger partial charge < -0.3 is 4.74 Å². The Morgan fingerprint density at radius 1 is 0.704 bits per heavy atom. The van der Waals surface area contributed by atoms with Gasteiger partial charge in [0.15, 0.2) is 0 Å². The number of hydrogen-bond donors (Lipinski definition) is 0. The van der Waals surface area contributed by atoms with Crippen LogP contribution in [0.5, 0.6) is 11.5 Å². The summed E-state index contributed by atoms with van der Waals surface area (Å²) in [4.78, 5) is 0. The van der Waals surface area contributed by atoms with Gasteiger partial charge in [0.05, 0.1) is 7.27 Å². The van der Waals surface area contributed by atoms with Crippen molar-refractivity contribution < 1.29 is 4.74 Å². The summed E-state index contributed by atoms with van der Waals surface area (Å²) in [7, 11) is -0.852. The second-order valence-electron chi connectivity index (χ2n) is 7.61. The maximum absolute atomic E-state index is 6.97. The largest absolute Gasteiger partial charge is 0.456 e. The summed E-state index contributed by atoms with van der Waals surface area (Å²) in [6, 6.07) is 13.2. The third-order valence-electron chi connectivity index (χ3n) is 5.33. The van der Waals surface area contributed by atoms with E-state index in [-0.39, 0.29) is 0 Å². The van der Waals surface area contributed by atoms with Crippen LogP contribution in [-0.4, -0.2) is 0 Å². The normalized spacial score (nSPS) is 13.1. The summed E-state index contributed by atoms with van der Waals surface area (Å²) >= 11 is 6.97. The van der Waals surface area contributed by atoms with Gasteiger partial charge in [0, 0.05) is 10.6 Å². The summed E-state index contributed by atoms with van der Waals surface area (Å²) in [6.45, 7) is 4.51. The monoisotopic (exact) mass is 402 g/mol. The zero-order valence-electron chi connectivity index (χ0n) is 16.8. The Balaban J connectivity index is 1.70. The van der Waals surface area contributed by atoms with Crippen LogP contribution >= 0.6 is 18.5 Å². The molecule has 1 heterocycles. The van der Waals surface area contributed by atoms with Crippen LogP contribution in [0.15, 0.2) is 36.4 Å². The molecule has 1 nitrogen and oxygen atoms in total. The number of hydrogen-bond acceptors (Lipinski definition) is 1. The number of benzene rings is 2. The Morgan fingerprint density at radius 2 is 1.19 bits per heavy atom. The SMILES string of the molecule is CCCCCCc1ccc2c(c1)P(Cl)c1cc(CCCCCC)ccc1O2. The summed E-state index contributed by atoms with van der Waals surface area (Å²) in [5.41, 5.74) is 2.78. The molecule has 0 unspecified atom stereocenters. The number of fused-ring (bicyclic) bond motifs is 2. The van der Waals surface area contributed by atoms with Crippen molar-refractivity contribution >= 4 is 29.1 Å². The molecule has 0 radical (unpaired) electrons. The van der Waals surface area contributed by atoms with Gasteiger partial charge in [-0.3, -0.25) is 0 Å². The van der Waals surface area contributed by atoms with Crippen molar-refractivity contribution in [3.05, 3.63) is 47.5 Å². The first-order valence-corrected chi connectivity index (χ1v) is 12.9. The van der Waals surface area contributed by atoms with E-state index in [2.05, 4.69) is 50.2 Å². The highest BCUT2D eigenvalue weighted by Gasteiger charge is 2.26. The number of unbranched alkanes of at least 4 members (excludes halogenated alkanes) is 6. The molecule has 2 aromatic rings. The Kier molecular flexibility index (Phi) is 8.04. The minimum atomic E-state index is -0.852. The van der Waals surface area contributed by atoms with Crippen molar-refractivity contribution in [2.45, 2.75) is 78.1 Å². The lowest BCUT2D eigenvalue weighted by Gasteiger charge is -2.25. The van der Waals surface area contributed by atoms with E-state index in [4.69, 9.17) is 16.0 Å². The second kappa shape index (κ2) is 10.5. The summed E-state index contributed by atoms with van der Waals surface area (Å²) in [6.07, 6.45) is 12.6. The first-order chi connectivity index (χ1) is 13.2. The second-order valence-corrected chi connectivity index (χ2v) is 10.1. The molecule has 0 fully saturated rings. The molecular weight excluding hydrogens is 371 g/mol. The highest BCUT2D eigenvalue weighted by molar-refractivity contribution is 7.96. The molecule has 0 spiro atoms. The Bertz CT molecular complexity index is 682. The highest BCUT2D eigenvalue weighted by atomic mass is 35.7. The number of rotatable bonds is 10. The predicted octanol–water partition coefficient (Wildman–Crippen LogP) is 7.62. The van der Waals surface area contributed by atoms with Crippen molar-refractivity contribution in [2.24, 2.45) is 0 Å². The molecule has 3 heteroatoms. The van der Waals surface area contributed by atoms with E-state index in [1.807, 2.05) is 0 Å². The Morgan fingerprint density at radius 3 is 1.63 bits per heavy atom. The maximum Gasteiger partial charge on any atom is 0.136 e. The lowest BCUT2D eigenvalue weighted by molar-refractivity contribution is 0.488. The first-order valence-electron chi connectivity index (χ1n) is 10.6. The number of ether oxygens (including phenoxy) is 1. The molecule has 1 aliphatic heterocycles. The molecule has 0 bridgehead atoms. The first kappa shape index (κ1) is 20.7. The fourth-order valence-electron chi connectivity index (χ4n) is 3.68. The average Bonchev–Trinajstić information content (AvgIpc) is 2.69. The van der Waals surface area contributed by atoms with Gasteiger partial charge in [-0.25, -0.2) is 0 Å². The molecule has 146 valence electrons. The fourth-order valence-corrected chi connectivity index (χ4v) is 5.91. The van der Waals surface area contributed by atoms with Crippen molar-refractivity contribution in [3.8, 4) is 11.5 Å². The van der Waals surface area contributed by atoms with Crippen LogP contribution in [0, 0.1) is 0 Å². The van der Waals surface area contributed by atoms with E-state index >= 15 is 0 Å². The molecule has 0 saturated heterocycles. The van der Waals surface area contributed by atoms with E-state index in [0.717, 1.165) is 24.3 Å². The summed E-state index contributed by atoms with van der Waals surface area (Å²) < 4.78 is 6.18. The molecule has 0 aliphatic carbocycles. The highest BCUT2D eigenvalue weighted by Crippen LogP contribution is 2.49. The number of aryl methyl sites for hydroxylation is 2. The molecule has 0 amide bonds. The van der Waals surface area contributed by atoms with Gasteiger partial charge in [0.1, 0.15) is 11.5 Å². The zero-order valence-corrected chi connectivity index (χ0v) is 18.4. The van der Waals surface area contributed by atoms with E-state index in [0.29, 0.717) is 0 Å². The Hall–Kier alpha value is -1.04. The van der Waals surface area contributed by atoms with Gasteiger partial charge in [-0.2, -0.15) is 0 Å². The van der Waals surface area contributed by atoms with Crippen molar-refractivity contribution in [3.63, 3.8) is 0 Å². The van der Waals surface area contributed by atoms with E-state index in [1.54, 1.807) is 0 Å². The molecule has 0 aromatic heterocycles. The van der Waals surface area contributed by atoms with E-state index in [9.17, 15) is 0 Å². The molecule has 2 aromatic carbocycles. The molecule has 27 heavy (non-hydrogen) atoms. The third-order valence-corrected chi connectivity index (χ3v) is 7.97. The van der Waals surface area contributed by atoms with Crippen LogP contribution in [-0.2, 0) is 12.8 Å².